The molecule has 0 aliphatic carbocycles. The fourth-order valence-electron chi connectivity index (χ4n) is 1.77. The van der Waals surface area contributed by atoms with Gasteiger partial charge in [0, 0.05) is 22.4 Å². The first-order valence-corrected chi connectivity index (χ1v) is 8.55. The van der Waals surface area contributed by atoms with Gasteiger partial charge in [-0.1, -0.05) is 27.5 Å². The van der Waals surface area contributed by atoms with Crippen molar-refractivity contribution in [3.8, 4) is 5.75 Å². The van der Waals surface area contributed by atoms with Crippen molar-refractivity contribution < 1.29 is 13.2 Å². The van der Waals surface area contributed by atoms with E-state index in [1.165, 1.54) is 12.3 Å². The minimum Gasteiger partial charge on any atom is -0.487 e. The van der Waals surface area contributed by atoms with E-state index in [2.05, 4.69) is 20.9 Å². The number of rotatable bonds is 4. The summed E-state index contributed by atoms with van der Waals surface area (Å²) in [6.07, 6.45) is 3.08. The average Bonchev–Trinajstić information content (AvgIpc) is 2.37. The van der Waals surface area contributed by atoms with Crippen LogP contribution in [0.1, 0.15) is 11.1 Å². The van der Waals surface area contributed by atoms with Gasteiger partial charge in [0.05, 0.1) is 5.02 Å². The molecule has 0 bridgehead atoms. The minimum absolute atomic E-state index is 0.0699. The van der Waals surface area contributed by atoms with E-state index in [-0.39, 0.29) is 17.3 Å². The average molecular weight is 392 g/mol. The van der Waals surface area contributed by atoms with E-state index in [1.54, 1.807) is 25.3 Å². The Morgan fingerprint density at radius 3 is 2.76 bits per heavy atom. The van der Waals surface area contributed by atoms with E-state index in [9.17, 15) is 8.42 Å². The summed E-state index contributed by atoms with van der Waals surface area (Å²) in [5.74, 6) is 0.216. The first kappa shape index (κ1) is 16.2. The van der Waals surface area contributed by atoms with Crippen molar-refractivity contribution in [2.24, 2.45) is 5.14 Å². The van der Waals surface area contributed by atoms with Gasteiger partial charge in [0.2, 0.25) is 10.0 Å². The molecular weight excluding hydrogens is 380 g/mol. The number of nitrogens with zero attached hydrogens (tertiary/aromatic N) is 1. The van der Waals surface area contributed by atoms with E-state index in [4.69, 9.17) is 21.5 Å². The Bertz CT molecular complexity index is 781. The Labute approximate surface area is 136 Å². The Hall–Kier alpha value is -1.15. The number of aromatic nitrogens is 1. The second-order valence-electron chi connectivity index (χ2n) is 4.35. The quantitative estimate of drug-likeness (QED) is 0.868. The molecule has 1 aromatic heterocycles. The number of nitrogens with two attached hydrogens (primary N) is 1. The van der Waals surface area contributed by atoms with Crippen molar-refractivity contribution in [1.82, 2.24) is 4.98 Å². The molecule has 0 aliphatic rings. The van der Waals surface area contributed by atoms with Crippen LogP contribution in [0.2, 0.25) is 5.02 Å². The highest BCUT2D eigenvalue weighted by atomic mass is 79.9. The van der Waals surface area contributed by atoms with Gasteiger partial charge in [-0.3, -0.25) is 4.98 Å². The lowest BCUT2D eigenvalue weighted by atomic mass is 10.2. The van der Waals surface area contributed by atoms with Gasteiger partial charge in [-0.05, 0) is 30.7 Å². The summed E-state index contributed by atoms with van der Waals surface area (Å²) in [5.41, 5.74) is 1.35. The minimum atomic E-state index is -3.89. The van der Waals surface area contributed by atoms with Crippen LogP contribution < -0.4 is 9.88 Å². The molecular formula is C13H12BrClN2O3S. The van der Waals surface area contributed by atoms with Crippen LogP contribution in [0.3, 0.4) is 0 Å². The molecule has 2 N–H and O–H groups in total. The highest BCUT2D eigenvalue weighted by Crippen LogP contribution is 2.32. The molecule has 0 unspecified atom stereocenters. The molecule has 5 nitrogen and oxygen atoms in total. The zero-order valence-corrected chi connectivity index (χ0v) is 14.2. The van der Waals surface area contributed by atoms with E-state index in [0.717, 1.165) is 0 Å². The molecule has 8 heteroatoms. The Morgan fingerprint density at radius 2 is 2.14 bits per heavy atom. The number of primary sulfonamides is 1. The van der Waals surface area contributed by atoms with E-state index >= 15 is 0 Å². The summed E-state index contributed by atoms with van der Waals surface area (Å²) in [6.45, 7) is 1.86. The van der Waals surface area contributed by atoms with Gasteiger partial charge in [-0.2, -0.15) is 0 Å². The summed E-state index contributed by atoms with van der Waals surface area (Å²) < 4.78 is 29.6. The maximum atomic E-state index is 11.7. The van der Waals surface area contributed by atoms with Gasteiger partial charge in [-0.25, -0.2) is 13.6 Å². The molecule has 1 aromatic carbocycles. The molecule has 0 saturated carbocycles. The summed E-state index contributed by atoms with van der Waals surface area (Å²) in [4.78, 5) is 3.81. The van der Waals surface area contributed by atoms with Crippen LogP contribution in [0.15, 0.2) is 40.0 Å². The standard InChI is InChI=1S/C13H12BrClN2O3S/c1-8-4-10(14)5-12(21(16,18)19)13(8)20-7-9-2-3-17-6-11(9)15/h2-6H,7H2,1H3,(H2,16,18,19). The summed E-state index contributed by atoms with van der Waals surface area (Å²) in [6, 6.07) is 4.86. The Morgan fingerprint density at radius 1 is 1.43 bits per heavy atom. The molecule has 21 heavy (non-hydrogen) atoms. The molecule has 2 aromatic rings. The van der Waals surface area contributed by atoms with Gasteiger partial charge < -0.3 is 4.74 Å². The second-order valence-corrected chi connectivity index (χ2v) is 7.20. The number of benzene rings is 1. The van der Waals surface area contributed by atoms with E-state index in [0.29, 0.717) is 20.6 Å². The maximum Gasteiger partial charge on any atom is 0.241 e. The third kappa shape index (κ3) is 3.94. The summed E-state index contributed by atoms with van der Waals surface area (Å²) in [5, 5.41) is 5.68. The van der Waals surface area contributed by atoms with E-state index in [1.807, 2.05) is 0 Å². The van der Waals surface area contributed by atoms with Crippen LogP contribution in [0, 0.1) is 6.92 Å². The number of sulfonamides is 1. The van der Waals surface area contributed by atoms with Crippen LogP contribution >= 0.6 is 27.5 Å². The third-order valence-electron chi connectivity index (χ3n) is 2.74. The molecule has 0 radical (unpaired) electrons. The topological polar surface area (TPSA) is 82.3 Å². The number of hydrogen-bond donors (Lipinski definition) is 1. The fourth-order valence-corrected chi connectivity index (χ4v) is 3.43. The van der Waals surface area contributed by atoms with Crippen LogP contribution in [0.25, 0.3) is 0 Å². The van der Waals surface area contributed by atoms with Gasteiger partial charge in [0.1, 0.15) is 17.3 Å². The molecule has 0 aliphatic heterocycles. The molecule has 2 rings (SSSR count). The lowest BCUT2D eigenvalue weighted by Crippen LogP contribution is -2.14. The summed E-state index contributed by atoms with van der Waals surface area (Å²) >= 11 is 9.23. The van der Waals surface area contributed by atoms with Crippen LogP contribution in [0.5, 0.6) is 5.75 Å². The summed E-state index contributed by atoms with van der Waals surface area (Å²) in [7, 11) is -3.89. The predicted molar refractivity (Wildman–Crippen MR) is 83.8 cm³/mol. The Balaban J connectivity index is 2.39. The molecule has 0 atom stereocenters. The number of halogens is 2. The molecule has 0 fully saturated rings. The fraction of sp³-hybridized carbons (Fsp3) is 0.154. The number of aryl methyl sites for hydroxylation is 1. The van der Waals surface area contributed by atoms with Gasteiger partial charge in [0.15, 0.2) is 0 Å². The van der Waals surface area contributed by atoms with Gasteiger partial charge >= 0.3 is 0 Å². The zero-order valence-electron chi connectivity index (χ0n) is 11.0. The highest BCUT2D eigenvalue weighted by Gasteiger charge is 2.19. The molecule has 0 saturated heterocycles. The first-order chi connectivity index (χ1) is 9.79. The predicted octanol–water partition coefficient (Wildman–Crippen LogP) is 3.03. The number of pyridine rings is 1. The Kier molecular flexibility index (Phi) is 4.88. The second kappa shape index (κ2) is 6.31. The van der Waals surface area contributed by atoms with E-state index < -0.39 is 10.0 Å². The lowest BCUT2D eigenvalue weighted by Gasteiger charge is -2.14. The maximum absolute atomic E-state index is 11.7. The van der Waals surface area contributed by atoms with Crippen molar-refractivity contribution in [1.29, 1.82) is 0 Å². The lowest BCUT2D eigenvalue weighted by molar-refractivity contribution is 0.295. The number of hydrogen-bond acceptors (Lipinski definition) is 4. The van der Waals surface area contributed by atoms with Crippen molar-refractivity contribution in [2.75, 3.05) is 0 Å². The molecule has 1 heterocycles. The molecule has 112 valence electrons. The zero-order chi connectivity index (χ0) is 15.6. The first-order valence-electron chi connectivity index (χ1n) is 5.83. The van der Waals surface area contributed by atoms with Crippen molar-refractivity contribution in [3.63, 3.8) is 0 Å². The highest BCUT2D eigenvalue weighted by molar-refractivity contribution is 9.10. The molecule has 0 spiro atoms. The monoisotopic (exact) mass is 390 g/mol. The SMILES string of the molecule is Cc1cc(Br)cc(S(N)(=O)=O)c1OCc1ccncc1Cl. The van der Waals surface area contributed by atoms with Crippen LogP contribution in [-0.4, -0.2) is 13.4 Å². The normalized spacial score (nSPS) is 11.4. The molecule has 0 amide bonds. The number of ether oxygens (including phenoxy) is 1. The van der Waals surface area contributed by atoms with Crippen LogP contribution in [-0.2, 0) is 16.6 Å². The third-order valence-corrected chi connectivity index (χ3v) is 4.45. The smallest absolute Gasteiger partial charge is 0.241 e. The van der Waals surface area contributed by atoms with Crippen molar-refractivity contribution >= 4 is 37.6 Å². The van der Waals surface area contributed by atoms with Crippen molar-refractivity contribution in [3.05, 3.63) is 51.2 Å². The van der Waals surface area contributed by atoms with Crippen LogP contribution in [0.4, 0.5) is 0 Å². The van der Waals surface area contributed by atoms with Gasteiger partial charge in [0.25, 0.3) is 0 Å². The largest absolute Gasteiger partial charge is 0.487 e. The van der Waals surface area contributed by atoms with Crippen molar-refractivity contribution in [2.45, 2.75) is 18.4 Å². The van der Waals surface area contributed by atoms with Gasteiger partial charge in [-0.15, -0.1) is 0 Å².